The Morgan fingerprint density at radius 3 is 2.27 bits per heavy atom. The molecule has 0 saturated carbocycles. The molecular formula is C22H29N5O3. The number of hydrogen-bond donors (Lipinski definition) is 2. The predicted molar refractivity (Wildman–Crippen MR) is 117 cm³/mol. The zero-order chi connectivity index (χ0) is 22.2. The quantitative estimate of drug-likeness (QED) is 0.647. The highest BCUT2D eigenvalue weighted by Crippen LogP contribution is 2.37. The molecule has 0 saturated heterocycles. The van der Waals surface area contributed by atoms with Crippen molar-refractivity contribution in [3.8, 4) is 5.75 Å². The van der Waals surface area contributed by atoms with Gasteiger partial charge in [0.1, 0.15) is 11.6 Å². The average Bonchev–Trinajstić information content (AvgIpc) is 3.07. The van der Waals surface area contributed by atoms with Crippen molar-refractivity contribution in [3.05, 3.63) is 50.7 Å². The summed E-state index contributed by atoms with van der Waals surface area (Å²) < 4.78 is 6.92. The van der Waals surface area contributed by atoms with E-state index in [0.29, 0.717) is 22.8 Å². The molecule has 30 heavy (non-hydrogen) atoms. The van der Waals surface area contributed by atoms with Crippen LogP contribution in [0, 0.1) is 13.8 Å². The van der Waals surface area contributed by atoms with Crippen molar-refractivity contribution < 1.29 is 9.53 Å². The maximum absolute atomic E-state index is 12.7. The average molecular weight is 412 g/mol. The second-order valence-corrected chi connectivity index (χ2v) is 8.16. The molecule has 0 atom stereocenters. The summed E-state index contributed by atoms with van der Waals surface area (Å²) in [6, 6.07) is 3.90. The summed E-state index contributed by atoms with van der Waals surface area (Å²) in [5.41, 5.74) is 3.77. The highest BCUT2D eigenvalue weighted by molar-refractivity contribution is 5.92. The summed E-state index contributed by atoms with van der Waals surface area (Å²) in [6.45, 7) is 11.9. The molecule has 160 valence electrons. The van der Waals surface area contributed by atoms with Crippen LogP contribution in [0.3, 0.4) is 0 Å². The van der Waals surface area contributed by atoms with Crippen LogP contribution in [0.1, 0.15) is 67.7 Å². The summed E-state index contributed by atoms with van der Waals surface area (Å²) in [6.07, 6.45) is 0.000941. The predicted octanol–water partition coefficient (Wildman–Crippen LogP) is 3.47. The maximum Gasteiger partial charge on any atom is 0.277 e. The lowest BCUT2D eigenvalue weighted by Crippen LogP contribution is -2.20. The summed E-state index contributed by atoms with van der Waals surface area (Å²) in [5, 5.41) is 5.83. The zero-order valence-electron chi connectivity index (χ0n) is 18.6. The lowest BCUT2D eigenvalue weighted by molar-refractivity contribution is -0.115. The van der Waals surface area contributed by atoms with Crippen LogP contribution in [0.5, 0.6) is 5.75 Å². The molecule has 0 aliphatic carbocycles. The second-order valence-electron chi connectivity index (χ2n) is 8.16. The molecule has 1 amide bonds. The molecule has 0 aliphatic rings. The minimum absolute atomic E-state index is 0.000941. The number of aromatic nitrogens is 4. The second kappa shape index (κ2) is 8.30. The Balaban J connectivity index is 1.88. The number of fused-ring (bicyclic) bond motifs is 1. The Bertz CT molecular complexity index is 1130. The smallest absolute Gasteiger partial charge is 0.277 e. The first kappa shape index (κ1) is 21.5. The molecule has 1 aromatic carbocycles. The van der Waals surface area contributed by atoms with Gasteiger partial charge < -0.3 is 10.1 Å². The van der Waals surface area contributed by atoms with Gasteiger partial charge in [0.15, 0.2) is 0 Å². The highest BCUT2D eigenvalue weighted by atomic mass is 16.5. The fourth-order valence-corrected chi connectivity index (χ4v) is 3.42. The van der Waals surface area contributed by atoms with Crippen LogP contribution in [-0.2, 0) is 11.2 Å². The number of methoxy groups -OCH3 is 1. The number of rotatable bonds is 6. The molecule has 8 nitrogen and oxygen atoms in total. The van der Waals surface area contributed by atoms with E-state index in [1.165, 1.54) is 4.52 Å². The number of carbonyl (C=O) groups is 1. The number of amides is 1. The van der Waals surface area contributed by atoms with E-state index in [1.807, 2.05) is 12.1 Å². The molecule has 0 bridgehead atoms. The molecule has 2 aromatic heterocycles. The van der Waals surface area contributed by atoms with Crippen molar-refractivity contribution in [2.75, 3.05) is 12.4 Å². The van der Waals surface area contributed by atoms with Gasteiger partial charge in [0.05, 0.1) is 13.5 Å². The number of nitrogens with one attached hydrogen (secondary N) is 2. The van der Waals surface area contributed by atoms with Gasteiger partial charge in [-0.3, -0.25) is 14.7 Å². The first-order chi connectivity index (χ1) is 14.1. The number of ether oxygens (including phenoxy) is 1. The van der Waals surface area contributed by atoms with Gasteiger partial charge >= 0.3 is 0 Å². The van der Waals surface area contributed by atoms with E-state index in [0.717, 1.165) is 16.9 Å². The Labute approximate surface area is 175 Å². The van der Waals surface area contributed by atoms with Crippen LogP contribution in [0.25, 0.3) is 5.78 Å². The SMILES string of the molecule is COc1c(C(C)C)cc(NC(=O)Cc2nc3nc(C)c(C)c(=O)n3[nH]2)cc1C(C)C. The van der Waals surface area contributed by atoms with Crippen molar-refractivity contribution in [3.63, 3.8) is 0 Å². The van der Waals surface area contributed by atoms with Crippen LogP contribution in [0.4, 0.5) is 5.69 Å². The Morgan fingerprint density at radius 1 is 1.13 bits per heavy atom. The summed E-state index contributed by atoms with van der Waals surface area (Å²) >= 11 is 0. The molecular weight excluding hydrogens is 382 g/mol. The molecule has 2 N–H and O–H groups in total. The van der Waals surface area contributed by atoms with E-state index in [2.05, 4.69) is 48.1 Å². The van der Waals surface area contributed by atoms with Crippen LogP contribution in [0.2, 0.25) is 0 Å². The minimum Gasteiger partial charge on any atom is -0.496 e. The number of carbonyl (C=O) groups excluding carboxylic acids is 1. The number of nitrogens with zero attached hydrogens (tertiary/aromatic N) is 3. The van der Waals surface area contributed by atoms with Crippen molar-refractivity contribution in [1.29, 1.82) is 0 Å². The largest absolute Gasteiger partial charge is 0.496 e. The van der Waals surface area contributed by atoms with E-state index in [1.54, 1.807) is 21.0 Å². The van der Waals surface area contributed by atoms with E-state index in [-0.39, 0.29) is 35.5 Å². The Morgan fingerprint density at radius 2 is 1.73 bits per heavy atom. The topological polar surface area (TPSA) is 101 Å². The molecule has 3 rings (SSSR count). The van der Waals surface area contributed by atoms with E-state index in [9.17, 15) is 9.59 Å². The van der Waals surface area contributed by atoms with Gasteiger partial charge in [-0.15, -0.1) is 0 Å². The molecule has 0 aliphatic heterocycles. The zero-order valence-corrected chi connectivity index (χ0v) is 18.6. The first-order valence-electron chi connectivity index (χ1n) is 10.1. The van der Waals surface area contributed by atoms with Gasteiger partial charge in [0, 0.05) is 16.9 Å². The van der Waals surface area contributed by atoms with Crippen molar-refractivity contribution in [2.45, 2.75) is 59.8 Å². The van der Waals surface area contributed by atoms with Gasteiger partial charge in [-0.1, -0.05) is 27.7 Å². The van der Waals surface area contributed by atoms with Crippen molar-refractivity contribution in [2.24, 2.45) is 0 Å². The molecule has 0 unspecified atom stereocenters. The van der Waals surface area contributed by atoms with Crippen LogP contribution in [-0.4, -0.2) is 32.6 Å². The molecule has 2 heterocycles. The Kier molecular flexibility index (Phi) is 5.96. The van der Waals surface area contributed by atoms with Gasteiger partial charge in [-0.25, -0.2) is 4.98 Å². The lowest BCUT2D eigenvalue weighted by atomic mass is 9.93. The third-order valence-electron chi connectivity index (χ3n) is 5.22. The van der Waals surface area contributed by atoms with Crippen molar-refractivity contribution >= 4 is 17.4 Å². The van der Waals surface area contributed by atoms with E-state index >= 15 is 0 Å². The maximum atomic E-state index is 12.7. The summed E-state index contributed by atoms with van der Waals surface area (Å²) in [7, 11) is 1.67. The molecule has 8 heteroatoms. The van der Waals surface area contributed by atoms with E-state index < -0.39 is 0 Å². The van der Waals surface area contributed by atoms with Crippen LogP contribution < -0.4 is 15.6 Å². The highest BCUT2D eigenvalue weighted by Gasteiger charge is 2.18. The molecule has 0 fully saturated rings. The van der Waals surface area contributed by atoms with Gasteiger partial charge in [-0.05, 0) is 48.9 Å². The standard InChI is InChI=1S/C22H29N5O3/c1-11(2)16-8-15(9-17(12(3)4)20(16)30-7)24-19(28)10-18-25-22-23-14(6)13(5)21(29)27(22)26-18/h8-9,11-12H,10H2,1-7H3,(H,24,28)(H,23,25,26). The van der Waals surface area contributed by atoms with Crippen LogP contribution >= 0.6 is 0 Å². The van der Waals surface area contributed by atoms with Gasteiger partial charge in [-0.2, -0.15) is 9.50 Å². The number of benzene rings is 1. The number of aromatic amines is 1. The minimum atomic E-state index is -0.231. The number of aryl methyl sites for hydroxylation is 1. The van der Waals surface area contributed by atoms with Crippen LogP contribution in [0.15, 0.2) is 16.9 Å². The fourth-order valence-electron chi connectivity index (χ4n) is 3.42. The molecule has 0 radical (unpaired) electrons. The number of hydrogen-bond acceptors (Lipinski definition) is 5. The molecule has 0 spiro atoms. The lowest BCUT2D eigenvalue weighted by Gasteiger charge is -2.20. The normalized spacial score (nSPS) is 11.5. The number of H-pyrrole nitrogens is 1. The monoisotopic (exact) mass is 411 g/mol. The molecule has 3 aromatic rings. The van der Waals surface area contributed by atoms with Gasteiger partial charge in [0.2, 0.25) is 5.91 Å². The first-order valence-corrected chi connectivity index (χ1v) is 10.1. The van der Waals surface area contributed by atoms with Crippen molar-refractivity contribution in [1.82, 2.24) is 19.6 Å². The summed E-state index contributed by atoms with van der Waals surface area (Å²) in [4.78, 5) is 33.6. The third-order valence-corrected chi connectivity index (χ3v) is 5.22. The summed E-state index contributed by atoms with van der Waals surface area (Å²) in [5.74, 6) is 1.77. The van der Waals surface area contributed by atoms with E-state index in [4.69, 9.17) is 4.74 Å². The Hall–Kier alpha value is -3.16. The van der Waals surface area contributed by atoms with Gasteiger partial charge in [0.25, 0.3) is 11.3 Å². The third kappa shape index (κ3) is 4.08. The number of anilines is 1. The fraction of sp³-hybridized carbons (Fsp3) is 0.455.